The number of methoxy groups -OCH3 is 1. The number of hydrogen-bond acceptors (Lipinski definition) is 3. The van der Waals surface area contributed by atoms with Crippen LogP contribution in [0, 0.1) is 0 Å². The molecule has 6 heteroatoms. The molecule has 1 aromatic carbocycles. The third-order valence-electron chi connectivity index (χ3n) is 2.29. The highest BCUT2D eigenvalue weighted by Gasteiger charge is 2.44. The summed E-state index contributed by atoms with van der Waals surface area (Å²) in [7, 11) is 1.04. The van der Waals surface area contributed by atoms with Crippen molar-refractivity contribution in [3.63, 3.8) is 0 Å². The molecule has 96 valence electrons. The molecule has 3 nitrogen and oxygen atoms in total. The predicted octanol–water partition coefficient (Wildman–Crippen LogP) is 1.79. The van der Waals surface area contributed by atoms with Crippen LogP contribution in [0.5, 0.6) is 0 Å². The van der Waals surface area contributed by atoms with Gasteiger partial charge in [0.2, 0.25) is 0 Å². The van der Waals surface area contributed by atoms with Gasteiger partial charge < -0.3 is 10.5 Å². The molecule has 0 saturated heterocycles. The van der Waals surface area contributed by atoms with Crippen molar-refractivity contribution in [2.45, 2.75) is 18.4 Å². The summed E-state index contributed by atoms with van der Waals surface area (Å²) in [5.74, 6) is -1.11. The molecule has 0 aromatic heterocycles. The zero-order chi connectivity index (χ0) is 12.2. The van der Waals surface area contributed by atoms with Crippen LogP contribution in [0.3, 0.4) is 0 Å². The van der Waals surface area contributed by atoms with E-state index in [0.29, 0.717) is 5.56 Å². The first kappa shape index (κ1) is 15.8. The smallest absolute Gasteiger partial charge is 0.332 e. The fraction of sp³-hybridized carbons (Fsp3) is 0.364. The zero-order valence-corrected chi connectivity index (χ0v) is 10.0. The first-order valence-electron chi connectivity index (χ1n) is 4.70. The molecule has 0 aliphatic rings. The Labute approximate surface area is 104 Å². The van der Waals surface area contributed by atoms with Crippen LogP contribution in [0.2, 0.25) is 0 Å². The molecular formula is C11H14ClF2NO2. The Kier molecular flexibility index (Phi) is 6.05. The number of esters is 1. The quantitative estimate of drug-likeness (QED) is 0.845. The van der Waals surface area contributed by atoms with Gasteiger partial charge in [0, 0.05) is 6.42 Å². The van der Waals surface area contributed by atoms with E-state index in [1.807, 2.05) is 0 Å². The zero-order valence-electron chi connectivity index (χ0n) is 9.23. The molecule has 0 fully saturated rings. The summed E-state index contributed by atoms with van der Waals surface area (Å²) in [6.07, 6.45) is -3.22. The molecule has 0 radical (unpaired) electrons. The molecule has 0 aliphatic heterocycles. The molecule has 1 aromatic rings. The minimum Gasteiger partial charge on any atom is -0.467 e. The second-order valence-corrected chi connectivity index (χ2v) is 3.50. The summed E-state index contributed by atoms with van der Waals surface area (Å²) in [5.41, 5.74) is 3.69. The summed E-state index contributed by atoms with van der Waals surface area (Å²) < 4.78 is 29.9. The summed E-state index contributed by atoms with van der Waals surface area (Å²) in [6, 6.07) is 8.40. The number of carbonyl (C=O) groups is 1. The van der Waals surface area contributed by atoms with E-state index in [0.717, 1.165) is 7.11 Å². The van der Waals surface area contributed by atoms with Crippen molar-refractivity contribution < 1.29 is 18.3 Å². The van der Waals surface area contributed by atoms with Crippen LogP contribution in [-0.2, 0) is 16.0 Å². The molecule has 0 spiro atoms. The first-order chi connectivity index (χ1) is 7.50. The monoisotopic (exact) mass is 265 g/mol. The largest absolute Gasteiger partial charge is 0.467 e. The SMILES string of the molecule is COC(=O)C(N)(Cc1ccccc1)C(F)F.Cl. The Morgan fingerprint density at radius 1 is 1.41 bits per heavy atom. The van der Waals surface area contributed by atoms with E-state index < -0.39 is 17.9 Å². The van der Waals surface area contributed by atoms with Crippen LogP contribution in [-0.4, -0.2) is 25.0 Å². The van der Waals surface area contributed by atoms with Gasteiger partial charge in [0.15, 0.2) is 5.54 Å². The van der Waals surface area contributed by atoms with E-state index in [1.165, 1.54) is 0 Å². The summed E-state index contributed by atoms with van der Waals surface area (Å²) in [6.45, 7) is 0. The van der Waals surface area contributed by atoms with Crippen molar-refractivity contribution in [1.82, 2.24) is 0 Å². The van der Waals surface area contributed by atoms with Gasteiger partial charge in [0.1, 0.15) is 0 Å². The van der Waals surface area contributed by atoms with Gasteiger partial charge in [0.05, 0.1) is 7.11 Å². The number of alkyl halides is 2. The van der Waals surface area contributed by atoms with Gasteiger partial charge in [-0.2, -0.15) is 0 Å². The third-order valence-corrected chi connectivity index (χ3v) is 2.29. The second kappa shape index (κ2) is 6.51. The minimum absolute atomic E-state index is 0. The molecule has 1 unspecified atom stereocenters. The van der Waals surface area contributed by atoms with Gasteiger partial charge in [0.25, 0.3) is 6.43 Å². The van der Waals surface area contributed by atoms with Gasteiger partial charge in [-0.25, -0.2) is 13.6 Å². The van der Waals surface area contributed by atoms with Crippen molar-refractivity contribution in [3.05, 3.63) is 35.9 Å². The lowest BCUT2D eigenvalue weighted by atomic mass is 9.92. The van der Waals surface area contributed by atoms with Gasteiger partial charge in [-0.3, -0.25) is 0 Å². The Bertz CT molecular complexity index is 362. The summed E-state index contributed by atoms with van der Waals surface area (Å²) >= 11 is 0. The molecule has 1 rings (SSSR count). The number of nitrogens with two attached hydrogens (primary N) is 1. The third kappa shape index (κ3) is 3.64. The van der Waals surface area contributed by atoms with Crippen LogP contribution in [0.1, 0.15) is 5.56 Å². The van der Waals surface area contributed by atoms with E-state index in [-0.39, 0.29) is 18.8 Å². The average molecular weight is 266 g/mol. The van der Waals surface area contributed by atoms with Crippen LogP contribution in [0.25, 0.3) is 0 Å². The molecule has 2 N–H and O–H groups in total. The average Bonchev–Trinajstić information content (AvgIpc) is 2.28. The maximum atomic E-state index is 12.8. The van der Waals surface area contributed by atoms with Gasteiger partial charge in [-0.1, -0.05) is 30.3 Å². The molecule has 0 bridgehead atoms. The Balaban J connectivity index is 0.00000256. The standard InChI is InChI=1S/C11H13F2NO2.ClH/c1-16-10(15)11(14,9(12)13)7-8-5-3-2-4-6-8;/h2-6,9H,7,14H2,1H3;1H. The molecule has 0 aliphatic carbocycles. The van der Waals surface area contributed by atoms with Crippen molar-refractivity contribution in [3.8, 4) is 0 Å². The summed E-state index contributed by atoms with van der Waals surface area (Å²) in [5, 5.41) is 0. The highest BCUT2D eigenvalue weighted by Crippen LogP contribution is 2.20. The predicted molar refractivity (Wildman–Crippen MR) is 62.3 cm³/mol. The first-order valence-corrected chi connectivity index (χ1v) is 4.70. The molecule has 17 heavy (non-hydrogen) atoms. The van der Waals surface area contributed by atoms with E-state index in [1.54, 1.807) is 30.3 Å². The van der Waals surface area contributed by atoms with Crippen molar-refractivity contribution in [2.24, 2.45) is 5.73 Å². The topological polar surface area (TPSA) is 52.3 Å². The Hall–Kier alpha value is -1.20. The fourth-order valence-electron chi connectivity index (χ4n) is 1.36. The maximum absolute atomic E-state index is 12.8. The number of halogens is 3. The Morgan fingerprint density at radius 3 is 2.35 bits per heavy atom. The maximum Gasteiger partial charge on any atom is 0.332 e. The molecule has 0 amide bonds. The molecule has 0 saturated carbocycles. The number of benzene rings is 1. The normalized spacial score (nSPS) is 13.7. The van der Waals surface area contributed by atoms with Crippen molar-refractivity contribution in [1.29, 1.82) is 0 Å². The van der Waals surface area contributed by atoms with E-state index in [4.69, 9.17) is 5.73 Å². The van der Waals surface area contributed by atoms with Crippen molar-refractivity contribution in [2.75, 3.05) is 7.11 Å². The molecule has 0 heterocycles. The molecular weight excluding hydrogens is 252 g/mol. The second-order valence-electron chi connectivity index (χ2n) is 3.50. The Morgan fingerprint density at radius 2 is 1.94 bits per heavy atom. The van der Waals surface area contributed by atoms with Gasteiger partial charge in [-0.15, -0.1) is 12.4 Å². The number of carbonyl (C=O) groups excluding carboxylic acids is 1. The minimum atomic E-state index is -2.97. The number of hydrogen-bond donors (Lipinski definition) is 1. The van der Waals surface area contributed by atoms with Gasteiger partial charge >= 0.3 is 5.97 Å². The summed E-state index contributed by atoms with van der Waals surface area (Å²) in [4.78, 5) is 11.3. The van der Waals surface area contributed by atoms with Gasteiger partial charge in [-0.05, 0) is 5.56 Å². The molecule has 1 atom stereocenters. The number of rotatable bonds is 4. The highest BCUT2D eigenvalue weighted by atomic mass is 35.5. The lowest BCUT2D eigenvalue weighted by Crippen LogP contribution is -2.56. The van der Waals surface area contributed by atoms with Crippen LogP contribution in [0.4, 0.5) is 8.78 Å². The lowest BCUT2D eigenvalue weighted by molar-refractivity contribution is -0.153. The van der Waals surface area contributed by atoms with E-state index >= 15 is 0 Å². The van der Waals surface area contributed by atoms with Crippen LogP contribution < -0.4 is 5.73 Å². The van der Waals surface area contributed by atoms with Crippen LogP contribution >= 0.6 is 12.4 Å². The number of ether oxygens (including phenoxy) is 1. The van der Waals surface area contributed by atoms with E-state index in [2.05, 4.69) is 4.74 Å². The van der Waals surface area contributed by atoms with Crippen molar-refractivity contribution >= 4 is 18.4 Å². The van der Waals surface area contributed by atoms with E-state index in [9.17, 15) is 13.6 Å². The highest BCUT2D eigenvalue weighted by molar-refractivity contribution is 5.85. The lowest BCUT2D eigenvalue weighted by Gasteiger charge is -2.25. The fourth-order valence-corrected chi connectivity index (χ4v) is 1.36. The van der Waals surface area contributed by atoms with Crippen LogP contribution in [0.15, 0.2) is 30.3 Å².